The molecule has 0 spiro atoms. The maximum Gasteiger partial charge on any atom is 0.325 e. The first kappa shape index (κ1) is 9.18. The van der Waals surface area contributed by atoms with Gasteiger partial charge in [0.05, 0.1) is 11.4 Å². The number of hydrogen-bond donors (Lipinski definition) is 1. The summed E-state index contributed by atoms with van der Waals surface area (Å²) in [5.41, 5.74) is 1.98. The molecule has 5 heteroatoms. The SMILES string of the molecule is CC1CCc2c(nnn2CC(=O)O)C1. The lowest BCUT2D eigenvalue weighted by atomic mass is 9.91. The van der Waals surface area contributed by atoms with Crippen LogP contribution >= 0.6 is 0 Å². The third-order valence-electron chi connectivity index (χ3n) is 2.62. The Bertz CT molecular complexity index is 359. The molecule has 0 aromatic carbocycles. The van der Waals surface area contributed by atoms with Crippen molar-refractivity contribution in [1.82, 2.24) is 15.0 Å². The molecule has 5 nitrogen and oxygen atoms in total. The molecule has 0 saturated heterocycles. The third kappa shape index (κ3) is 1.62. The van der Waals surface area contributed by atoms with E-state index in [1.807, 2.05) is 0 Å². The highest BCUT2D eigenvalue weighted by atomic mass is 16.4. The van der Waals surface area contributed by atoms with Crippen LogP contribution in [0.1, 0.15) is 24.7 Å². The molecule has 0 aliphatic heterocycles. The first-order chi connectivity index (χ1) is 6.66. The summed E-state index contributed by atoms with van der Waals surface area (Å²) in [4.78, 5) is 10.5. The minimum absolute atomic E-state index is 0.0727. The lowest BCUT2D eigenvalue weighted by Crippen LogP contribution is -2.17. The van der Waals surface area contributed by atoms with Crippen LogP contribution in [-0.4, -0.2) is 26.1 Å². The van der Waals surface area contributed by atoms with Gasteiger partial charge in [0, 0.05) is 0 Å². The van der Waals surface area contributed by atoms with E-state index in [2.05, 4.69) is 17.2 Å². The molecule has 1 aromatic heterocycles. The average Bonchev–Trinajstić information content (AvgIpc) is 2.47. The van der Waals surface area contributed by atoms with E-state index >= 15 is 0 Å². The summed E-state index contributed by atoms with van der Waals surface area (Å²) in [6, 6.07) is 0. The van der Waals surface area contributed by atoms with E-state index in [1.165, 1.54) is 4.68 Å². The van der Waals surface area contributed by atoms with Crippen molar-refractivity contribution < 1.29 is 9.90 Å². The van der Waals surface area contributed by atoms with Gasteiger partial charge >= 0.3 is 5.97 Å². The Labute approximate surface area is 81.7 Å². The van der Waals surface area contributed by atoms with E-state index in [4.69, 9.17) is 5.11 Å². The van der Waals surface area contributed by atoms with Crippen molar-refractivity contribution >= 4 is 5.97 Å². The quantitative estimate of drug-likeness (QED) is 0.745. The normalized spacial score (nSPS) is 20.5. The van der Waals surface area contributed by atoms with Crippen LogP contribution in [0.25, 0.3) is 0 Å². The van der Waals surface area contributed by atoms with Crippen molar-refractivity contribution in [1.29, 1.82) is 0 Å². The van der Waals surface area contributed by atoms with E-state index in [0.717, 1.165) is 30.7 Å². The second-order valence-corrected chi connectivity index (χ2v) is 3.88. The van der Waals surface area contributed by atoms with Gasteiger partial charge in [-0.3, -0.25) is 4.79 Å². The summed E-state index contributed by atoms with van der Waals surface area (Å²) < 4.78 is 1.50. The smallest absolute Gasteiger partial charge is 0.325 e. The van der Waals surface area contributed by atoms with Crippen LogP contribution in [0.5, 0.6) is 0 Å². The summed E-state index contributed by atoms with van der Waals surface area (Å²) in [6.45, 7) is 2.11. The Hall–Kier alpha value is -1.39. The predicted octanol–water partition coefficient (Wildman–Crippen LogP) is 0.487. The van der Waals surface area contributed by atoms with Gasteiger partial charge in [-0.2, -0.15) is 0 Å². The number of carbonyl (C=O) groups is 1. The number of carboxylic acid groups (broad SMARTS) is 1. The molecule has 1 N–H and O–H groups in total. The monoisotopic (exact) mass is 195 g/mol. The van der Waals surface area contributed by atoms with Crippen LogP contribution in [0.3, 0.4) is 0 Å². The summed E-state index contributed by atoms with van der Waals surface area (Å²) >= 11 is 0. The average molecular weight is 195 g/mol. The molecule has 1 unspecified atom stereocenters. The van der Waals surface area contributed by atoms with Crippen molar-refractivity contribution in [3.05, 3.63) is 11.4 Å². The number of aromatic nitrogens is 3. The van der Waals surface area contributed by atoms with Crippen molar-refractivity contribution in [3.63, 3.8) is 0 Å². The number of nitrogens with zero attached hydrogens (tertiary/aromatic N) is 3. The third-order valence-corrected chi connectivity index (χ3v) is 2.62. The van der Waals surface area contributed by atoms with Gasteiger partial charge in [0.2, 0.25) is 0 Å². The molecule has 0 bridgehead atoms. The fourth-order valence-corrected chi connectivity index (χ4v) is 1.87. The van der Waals surface area contributed by atoms with E-state index in [0.29, 0.717) is 5.92 Å². The highest BCUT2D eigenvalue weighted by Crippen LogP contribution is 2.22. The largest absolute Gasteiger partial charge is 0.480 e. The summed E-state index contributed by atoms with van der Waals surface area (Å²) in [7, 11) is 0. The van der Waals surface area contributed by atoms with Crippen molar-refractivity contribution in [2.24, 2.45) is 5.92 Å². The Morgan fingerprint density at radius 2 is 2.50 bits per heavy atom. The molecule has 0 radical (unpaired) electrons. The van der Waals surface area contributed by atoms with Gasteiger partial charge in [-0.25, -0.2) is 4.68 Å². The molecule has 76 valence electrons. The van der Waals surface area contributed by atoms with Gasteiger partial charge in [-0.05, 0) is 25.2 Å². The molecule has 1 atom stereocenters. The van der Waals surface area contributed by atoms with Gasteiger partial charge in [0.25, 0.3) is 0 Å². The van der Waals surface area contributed by atoms with E-state index < -0.39 is 5.97 Å². The van der Waals surface area contributed by atoms with E-state index in [9.17, 15) is 4.79 Å². The highest BCUT2D eigenvalue weighted by Gasteiger charge is 2.21. The summed E-state index contributed by atoms with van der Waals surface area (Å²) in [6.07, 6.45) is 2.92. The van der Waals surface area contributed by atoms with Crippen LogP contribution in [0, 0.1) is 5.92 Å². The second-order valence-electron chi connectivity index (χ2n) is 3.88. The summed E-state index contributed by atoms with van der Waals surface area (Å²) in [5.74, 6) is -0.228. The number of hydrogen-bond acceptors (Lipinski definition) is 3. The Kier molecular flexibility index (Phi) is 2.23. The van der Waals surface area contributed by atoms with Crippen molar-refractivity contribution in [3.8, 4) is 0 Å². The number of rotatable bonds is 2. The van der Waals surface area contributed by atoms with Gasteiger partial charge in [-0.15, -0.1) is 5.10 Å². The summed E-state index contributed by atoms with van der Waals surface area (Å²) in [5, 5.41) is 16.5. The van der Waals surface area contributed by atoms with Crippen LogP contribution in [0.4, 0.5) is 0 Å². The maximum absolute atomic E-state index is 10.5. The van der Waals surface area contributed by atoms with Gasteiger partial charge in [0.15, 0.2) is 0 Å². The van der Waals surface area contributed by atoms with E-state index in [1.54, 1.807) is 0 Å². The van der Waals surface area contributed by atoms with Crippen LogP contribution < -0.4 is 0 Å². The first-order valence-corrected chi connectivity index (χ1v) is 4.80. The van der Waals surface area contributed by atoms with Gasteiger partial charge < -0.3 is 5.11 Å². The zero-order chi connectivity index (χ0) is 10.1. The van der Waals surface area contributed by atoms with Gasteiger partial charge in [0.1, 0.15) is 6.54 Å². The molecule has 0 amide bonds. The minimum atomic E-state index is -0.865. The molecule has 1 heterocycles. The Morgan fingerprint density at radius 1 is 1.71 bits per heavy atom. The molecule has 14 heavy (non-hydrogen) atoms. The maximum atomic E-state index is 10.5. The number of fused-ring (bicyclic) bond motifs is 1. The van der Waals surface area contributed by atoms with Crippen LogP contribution in [0.2, 0.25) is 0 Å². The lowest BCUT2D eigenvalue weighted by Gasteiger charge is -2.17. The molecule has 1 aliphatic rings. The van der Waals surface area contributed by atoms with Crippen molar-refractivity contribution in [2.75, 3.05) is 0 Å². The fourth-order valence-electron chi connectivity index (χ4n) is 1.87. The lowest BCUT2D eigenvalue weighted by molar-refractivity contribution is -0.138. The molecule has 0 fully saturated rings. The number of carboxylic acids is 1. The predicted molar refractivity (Wildman–Crippen MR) is 48.8 cm³/mol. The molecule has 0 saturated carbocycles. The molecule has 1 aliphatic carbocycles. The zero-order valence-electron chi connectivity index (χ0n) is 8.10. The molecular weight excluding hydrogens is 182 g/mol. The molecule has 1 aromatic rings. The molecular formula is C9H13N3O2. The highest BCUT2D eigenvalue weighted by molar-refractivity contribution is 5.66. The van der Waals surface area contributed by atoms with E-state index in [-0.39, 0.29) is 6.54 Å². The van der Waals surface area contributed by atoms with Gasteiger partial charge in [-0.1, -0.05) is 12.1 Å². The standard InChI is InChI=1S/C9H13N3O2/c1-6-2-3-8-7(4-6)10-11-12(8)5-9(13)14/h6H,2-5H2,1H3,(H,13,14). The fraction of sp³-hybridized carbons (Fsp3) is 0.667. The van der Waals surface area contributed by atoms with Crippen LogP contribution in [-0.2, 0) is 24.2 Å². The Morgan fingerprint density at radius 3 is 3.21 bits per heavy atom. The second kappa shape index (κ2) is 3.40. The van der Waals surface area contributed by atoms with Crippen LogP contribution in [0.15, 0.2) is 0 Å². The first-order valence-electron chi connectivity index (χ1n) is 4.80. The zero-order valence-corrected chi connectivity index (χ0v) is 8.10. The molecule has 2 rings (SSSR count). The topological polar surface area (TPSA) is 68.0 Å². The van der Waals surface area contributed by atoms with Crippen molar-refractivity contribution in [2.45, 2.75) is 32.7 Å². The number of aliphatic carboxylic acids is 1. The Balaban J connectivity index is 2.24. The minimum Gasteiger partial charge on any atom is -0.480 e.